The molecule has 0 saturated carbocycles. The third kappa shape index (κ3) is 10.7. The summed E-state index contributed by atoms with van der Waals surface area (Å²) in [4.78, 5) is 0. The van der Waals surface area contributed by atoms with Crippen molar-refractivity contribution in [1.82, 2.24) is 4.57 Å². The summed E-state index contributed by atoms with van der Waals surface area (Å²) in [6.45, 7) is 9.14. The normalized spacial score (nSPS) is 11.3. The summed E-state index contributed by atoms with van der Waals surface area (Å²) in [5.41, 5.74) is 0. The van der Waals surface area contributed by atoms with E-state index in [-0.39, 0.29) is 0 Å². The quantitative estimate of drug-likeness (QED) is 0.212. The van der Waals surface area contributed by atoms with Crippen LogP contribution in [0.2, 0.25) is 0 Å². The van der Waals surface area contributed by atoms with Crippen molar-refractivity contribution in [2.75, 3.05) is 0 Å². The van der Waals surface area contributed by atoms with Crippen LogP contribution >= 0.6 is 0 Å². The molecule has 0 fully saturated rings. The molecule has 25 heavy (non-hydrogen) atoms. The van der Waals surface area contributed by atoms with E-state index in [4.69, 9.17) is 0 Å². The number of aryl methyl sites for hydroxylation is 2. The molecule has 0 aliphatic rings. The Kier molecular flexibility index (Phi) is 13.8. The Morgan fingerprint density at radius 3 is 1.64 bits per heavy atom. The minimum atomic E-state index is 1.15. The molecule has 0 spiro atoms. The second kappa shape index (κ2) is 15.5. The van der Waals surface area contributed by atoms with Gasteiger partial charge in [0.25, 0.3) is 5.82 Å². The minimum absolute atomic E-state index is 1.15. The van der Waals surface area contributed by atoms with Crippen molar-refractivity contribution < 1.29 is 4.57 Å². The van der Waals surface area contributed by atoms with E-state index in [1.165, 1.54) is 109 Å². The first-order valence-corrected chi connectivity index (χ1v) is 11.3. The molecular weight excluding hydrogens is 304 g/mol. The van der Waals surface area contributed by atoms with E-state index in [0.29, 0.717) is 0 Å². The van der Waals surface area contributed by atoms with E-state index in [1.807, 2.05) is 0 Å². The number of aromatic nitrogens is 2. The molecule has 1 aromatic rings. The summed E-state index contributed by atoms with van der Waals surface area (Å²) in [5.74, 6) is 1.41. The smallest absolute Gasteiger partial charge is 0.235 e. The van der Waals surface area contributed by atoms with Gasteiger partial charge in [0.15, 0.2) is 0 Å². The highest BCUT2D eigenvalue weighted by Gasteiger charge is 2.10. The van der Waals surface area contributed by atoms with Crippen LogP contribution in [-0.2, 0) is 13.1 Å². The molecule has 0 amide bonds. The first-order valence-electron chi connectivity index (χ1n) is 11.3. The Labute approximate surface area is 158 Å². The molecule has 146 valence electrons. The number of imidazole rings is 1. The summed E-state index contributed by atoms with van der Waals surface area (Å²) in [5, 5.41) is 0. The second-order valence-electron chi connectivity index (χ2n) is 7.83. The van der Waals surface area contributed by atoms with E-state index >= 15 is 0 Å². The van der Waals surface area contributed by atoms with Crippen molar-refractivity contribution in [3.8, 4) is 0 Å². The average Bonchev–Trinajstić information content (AvgIpc) is 2.96. The summed E-state index contributed by atoms with van der Waals surface area (Å²) in [7, 11) is 0. The third-order valence-electron chi connectivity index (χ3n) is 5.47. The molecule has 0 N–H and O–H groups in total. The van der Waals surface area contributed by atoms with Gasteiger partial charge in [-0.2, -0.15) is 0 Å². The molecule has 0 aromatic carbocycles. The fourth-order valence-corrected chi connectivity index (χ4v) is 3.73. The fraction of sp³-hybridized carbons (Fsp3) is 0.870. The molecule has 1 rings (SSSR count). The van der Waals surface area contributed by atoms with E-state index in [0.717, 1.165) is 6.54 Å². The van der Waals surface area contributed by atoms with Crippen LogP contribution in [0.3, 0.4) is 0 Å². The summed E-state index contributed by atoms with van der Waals surface area (Å²) < 4.78 is 4.81. The van der Waals surface area contributed by atoms with Crippen LogP contribution in [0.4, 0.5) is 0 Å². The standard InChI is InChI=1S/C23H45N2/c1-4-6-7-8-9-10-11-12-13-14-15-16-17-18-20-25-22-21-24(19-5-2)23(25)3/h21-22H,4-20H2,1-3H3/q+1. The molecule has 1 aromatic heterocycles. The van der Waals surface area contributed by atoms with Crippen molar-refractivity contribution in [3.05, 3.63) is 18.2 Å². The fourth-order valence-electron chi connectivity index (χ4n) is 3.73. The maximum absolute atomic E-state index is 2.43. The van der Waals surface area contributed by atoms with Crippen molar-refractivity contribution in [2.45, 2.75) is 130 Å². The summed E-state index contributed by atoms with van der Waals surface area (Å²) >= 11 is 0. The predicted octanol–water partition coefficient (Wildman–Crippen LogP) is 6.98. The highest BCUT2D eigenvalue weighted by molar-refractivity contribution is 4.79. The Balaban J connectivity index is 1.86. The Morgan fingerprint density at radius 1 is 0.680 bits per heavy atom. The lowest BCUT2D eigenvalue weighted by Crippen LogP contribution is -2.35. The summed E-state index contributed by atoms with van der Waals surface area (Å²) in [6.07, 6.45) is 25.8. The van der Waals surface area contributed by atoms with Crippen LogP contribution in [0, 0.1) is 6.92 Å². The Bertz CT molecular complexity index is 408. The number of nitrogens with zero attached hydrogens (tertiary/aromatic N) is 2. The molecule has 0 radical (unpaired) electrons. The topological polar surface area (TPSA) is 8.81 Å². The lowest BCUT2D eigenvalue weighted by Gasteiger charge is -2.03. The molecule has 0 aliphatic heterocycles. The van der Waals surface area contributed by atoms with Gasteiger partial charge in [0.05, 0.1) is 13.1 Å². The lowest BCUT2D eigenvalue weighted by atomic mass is 10.0. The third-order valence-corrected chi connectivity index (χ3v) is 5.47. The molecule has 2 heteroatoms. The Hall–Kier alpha value is -0.790. The van der Waals surface area contributed by atoms with Crippen LogP contribution in [0.1, 0.15) is 116 Å². The number of unbranched alkanes of at least 4 members (excludes halogenated alkanes) is 13. The van der Waals surface area contributed by atoms with Crippen LogP contribution in [0.15, 0.2) is 12.4 Å². The zero-order valence-electron chi connectivity index (χ0n) is 17.6. The van der Waals surface area contributed by atoms with E-state index in [9.17, 15) is 0 Å². The van der Waals surface area contributed by atoms with E-state index in [2.05, 4.69) is 42.3 Å². The van der Waals surface area contributed by atoms with E-state index < -0.39 is 0 Å². The van der Waals surface area contributed by atoms with Crippen molar-refractivity contribution in [3.63, 3.8) is 0 Å². The first kappa shape index (κ1) is 22.3. The maximum atomic E-state index is 2.43. The molecule has 0 unspecified atom stereocenters. The van der Waals surface area contributed by atoms with Crippen molar-refractivity contribution >= 4 is 0 Å². The molecule has 0 saturated heterocycles. The zero-order valence-corrected chi connectivity index (χ0v) is 17.6. The molecule has 0 atom stereocenters. The van der Waals surface area contributed by atoms with Gasteiger partial charge in [-0.05, 0) is 19.3 Å². The first-order chi connectivity index (χ1) is 12.3. The van der Waals surface area contributed by atoms with Gasteiger partial charge in [-0.1, -0.05) is 90.9 Å². The van der Waals surface area contributed by atoms with Crippen LogP contribution in [0.25, 0.3) is 0 Å². The summed E-state index contributed by atoms with van der Waals surface area (Å²) in [6, 6.07) is 0. The van der Waals surface area contributed by atoms with Crippen LogP contribution in [-0.4, -0.2) is 4.57 Å². The SMILES string of the molecule is CCCCCCCCCCCCCCCC[n+]1ccn(CCC)c1C. The number of rotatable bonds is 17. The Morgan fingerprint density at radius 2 is 1.16 bits per heavy atom. The van der Waals surface area contributed by atoms with Gasteiger partial charge < -0.3 is 0 Å². The van der Waals surface area contributed by atoms with Crippen molar-refractivity contribution in [2.24, 2.45) is 0 Å². The number of hydrogen-bond acceptors (Lipinski definition) is 0. The maximum Gasteiger partial charge on any atom is 0.253 e. The van der Waals surface area contributed by atoms with Gasteiger partial charge >= 0.3 is 0 Å². The largest absolute Gasteiger partial charge is 0.253 e. The van der Waals surface area contributed by atoms with Gasteiger partial charge in [0.1, 0.15) is 12.4 Å². The number of hydrogen-bond donors (Lipinski definition) is 0. The highest BCUT2D eigenvalue weighted by Crippen LogP contribution is 2.13. The molecule has 0 aliphatic carbocycles. The van der Waals surface area contributed by atoms with Gasteiger partial charge in [-0.15, -0.1) is 0 Å². The second-order valence-corrected chi connectivity index (χ2v) is 7.83. The van der Waals surface area contributed by atoms with Gasteiger partial charge in [-0.3, -0.25) is 0 Å². The molecule has 0 bridgehead atoms. The molecule has 1 heterocycles. The predicted molar refractivity (Wildman–Crippen MR) is 110 cm³/mol. The zero-order chi connectivity index (χ0) is 18.2. The van der Waals surface area contributed by atoms with E-state index in [1.54, 1.807) is 0 Å². The monoisotopic (exact) mass is 349 g/mol. The van der Waals surface area contributed by atoms with Gasteiger partial charge in [0, 0.05) is 6.92 Å². The van der Waals surface area contributed by atoms with Gasteiger partial charge in [-0.25, -0.2) is 9.13 Å². The van der Waals surface area contributed by atoms with Crippen molar-refractivity contribution in [1.29, 1.82) is 0 Å². The molecule has 2 nitrogen and oxygen atoms in total. The molecular formula is C23H45N2+. The van der Waals surface area contributed by atoms with Crippen LogP contribution in [0.5, 0.6) is 0 Å². The van der Waals surface area contributed by atoms with Gasteiger partial charge in [0.2, 0.25) is 0 Å². The lowest BCUT2D eigenvalue weighted by molar-refractivity contribution is -0.702. The highest BCUT2D eigenvalue weighted by atomic mass is 15.1. The van der Waals surface area contributed by atoms with Crippen LogP contribution < -0.4 is 4.57 Å². The minimum Gasteiger partial charge on any atom is -0.235 e. The average molecular weight is 350 g/mol.